The number of carbonyl (C=O) groups is 2. The normalized spacial score (nSPS) is 27.9. The van der Waals surface area contributed by atoms with E-state index < -0.39 is 17.8 Å². The minimum Gasteiger partial charge on any atom is -0.445 e. The van der Waals surface area contributed by atoms with Crippen LogP contribution in [0.4, 0.5) is 18.0 Å². The van der Waals surface area contributed by atoms with Crippen molar-refractivity contribution >= 4 is 12.0 Å². The van der Waals surface area contributed by atoms with Crippen molar-refractivity contribution in [2.45, 2.75) is 50.9 Å². The van der Waals surface area contributed by atoms with Crippen molar-refractivity contribution in [2.24, 2.45) is 27.5 Å². The second-order valence-electron chi connectivity index (χ2n) is 10.2. The molecular weight excluding hydrogens is 449 g/mol. The number of nitrogens with zero attached hydrogens (tertiary/aromatic N) is 4. The Bertz CT molecular complexity index is 949. The highest BCUT2D eigenvalue weighted by molar-refractivity contribution is 5.80. The van der Waals surface area contributed by atoms with Crippen LogP contribution in [0.5, 0.6) is 0 Å². The van der Waals surface area contributed by atoms with Gasteiger partial charge in [0.05, 0.1) is 18.2 Å². The van der Waals surface area contributed by atoms with Gasteiger partial charge in [0.15, 0.2) is 0 Å². The Labute approximate surface area is 196 Å². The van der Waals surface area contributed by atoms with Gasteiger partial charge in [0, 0.05) is 43.4 Å². The average Bonchev–Trinajstić information content (AvgIpc) is 3.28. The van der Waals surface area contributed by atoms with Gasteiger partial charge in [0.25, 0.3) is 0 Å². The van der Waals surface area contributed by atoms with E-state index in [0.29, 0.717) is 24.6 Å². The molecule has 1 spiro atoms. The van der Waals surface area contributed by atoms with Crippen LogP contribution in [0.25, 0.3) is 0 Å². The van der Waals surface area contributed by atoms with E-state index in [9.17, 15) is 22.8 Å². The Kier molecular flexibility index (Phi) is 6.02. The Morgan fingerprint density at radius 2 is 1.76 bits per heavy atom. The number of piperidine rings is 1. The zero-order chi connectivity index (χ0) is 23.9. The van der Waals surface area contributed by atoms with Crippen LogP contribution in [-0.4, -0.2) is 60.6 Å². The molecular formula is C24H29F3N4O3. The summed E-state index contributed by atoms with van der Waals surface area (Å²) in [5.74, 6) is 0.815. The molecule has 1 saturated carbocycles. The lowest BCUT2D eigenvalue weighted by Crippen LogP contribution is -2.63. The number of halogens is 3. The molecule has 3 atom stereocenters. The van der Waals surface area contributed by atoms with Gasteiger partial charge in [-0.05, 0) is 49.8 Å². The van der Waals surface area contributed by atoms with Crippen molar-refractivity contribution < 1.29 is 27.5 Å². The van der Waals surface area contributed by atoms with Gasteiger partial charge in [-0.15, -0.1) is 0 Å². The molecule has 1 aliphatic carbocycles. The van der Waals surface area contributed by atoms with E-state index in [1.165, 1.54) is 12.1 Å². The Hall–Kier alpha value is -2.65. The van der Waals surface area contributed by atoms with Crippen LogP contribution < -0.4 is 0 Å². The molecule has 2 amide bonds. The molecule has 3 aliphatic heterocycles. The maximum atomic E-state index is 13.0. The van der Waals surface area contributed by atoms with Crippen molar-refractivity contribution in [3.63, 3.8) is 0 Å². The highest BCUT2D eigenvalue weighted by Crippen LogP contribution is 2.43. The van der Waals surface area contributed by atoms with Crippen molar-refractivity contribution in [3.8, 4) is 0 Å². The van der Waals surface area contributed by atoms with Gasteiger partial charge >= 0.3 is 12.3 Å². The van der Waals surface area contributed by atoms with E-state index in [2.05, 4.69) is 10.2 Å². The van der Waals surface area contributed by atoms with Gasteiger partial charge in [0.2, 0.25) is 5.91 Å². The lowest BCUT2D eigenvalue weighted by Gasteiger charge is -2.54. The Morgan fingerprint density at radius 3 is 2.44 bits per heavy atom. The summed E-state index contributed by atoms with van der Waals surface area (Å²) in [5, 5.41) is 8.46. The molecule has 1 aromatic rings. The second-order valence-corrected chi connectivity index (χ2v) is 10.2. The second kappa shape index (κ2) is 8.85. The molecule has 0 radical (unpaired) electrons. The number of hydrogen-bond acceptors (Lipinski definition) is 5. The first-order chi connectivity index (χ1) is 16.2. The number of benzene rings is 1. The maximum Gasteiger partial charge on any atom is 0.416 e. The van der Waals surface area contributed by atoms with Gasteiger partial charge < -0.3 is 14.5 Å². The van der Waals surface area contributed by atoms with Crippen LogP contribution in [0.3, 0.4) is 0 Å². The predicted molar refractivity (Wildman–Crippen MR) is 116 cm³/mol. The van der Waals surface area contributed by atoms with E-state index in [4.69, 9.17) is 4.74 Å². The lowest BCUT2D eigenvalue weighted by atomic mass is 9.70. The van der Waals surface area contributed by atoms with Gasteiger partial charge in [0.1, 0.15) is 6.61 Å². The molecule has 0 aromatic heterocycles. The summed E-state index contributed by atoms with van der Waals surface area (Å²) in [7, 11) is 0. The summed E-state index contributed by atoms with van der Waals surface area (Å²) in [5.41, 5.74) is -0.144. The number of rotatable bonds is 3. The van der Waals surface area contributed by atoms with E-state index in [1.807, 2.05) is 4.90 Å². The number of azo groups is 1. The molecule has 1 aromatic carbocycles. The maximum absolute atomic E-state index is 13.0. The van der Waals surface area contributed by atoms with E-state index in [0.717, 1.165) is 63.9 Å². The number of likely N-dealkylation sites (tertiary alicyclic amines) is 2. The molecule has 3 heterocycles. The first-order valence-electron chi connectivity index (χ1n) is 12.0. The third-order valence-electron chi connectivity index (χ3n) is 7.94. The van der Waals surface area contributed by atoms with Gasteiger partial charge in [-0.2, -0.15) is 23.4 Å². The SMILES string of the molecule is O=C(OCc1ccc(C(F)(F)F)cc1)N1CCC2(CC1)CN(C(=O)C1CCC3CN=NC3C1)C2. The quantitative estimate of drug-likeness (QED) is 0.641. The fourth-order valence-corrected chi connectivity index (χ4v) is 5.73. The molecule has 4 aliphatic rings. The molecule has 3 unspecified atom stereocenters. The number of ether oxygens (including phenoxy) is 1. The third kappa shape index (κ3) is 4.63. The van der Waals surface area contributed by atoms with Crippen LogP contribution in [0.2, 0.25) is 0 Å². The summed E-state index contributed by atoms with van der Waals surface area (Å²) in [6.07, 6.45) is -0.448. The minimum atomic E-state index is -4.39. The molecule has 3 fully saturated rings. The Morgan fingerprint density at radius 1 is 1.06 bits per heavy atom. The van der Waals surface area contributed by atoms with Crippen LogP contribution in [-0.2, 0) is 22.3 Å². The van der Waals surface area contributed by atoms with Crippen LogP contribution in [0.1, 0.15) is 43.2 Å². The molecule has 34 heavy (non-hydrogen) atoms. The zero-order valence-corrected chi connectivity index (χ0v) is 19.0. The number of alkyl halides is 3. The van der Waals surface area contributed by atoms with Gasteiger partial charge in [-0.3, -0.25) is 4.79 Å². The first kappa shape index (κ1) is 23.1. The summed E-state index contributed by atoms with van der Waals surface area (Å²) in [6, 6.07) is 4.84. The number of fused-ring (bicyclic) bond motifs is 1. The van der Waals surface area contributed by atoms with Crippen molar-refractivity contribution in [2.75, 3.05) is 32.7 Å². The third-order valence-corrected chi connectivity index (χ3v) is 7.94. The molecule has 0 bridgehead atoms. The zero-order valence-electron chi connectivity index (χ0n) is 19.0. The van der Waals surface area contributed by atoms with Crippen LogP contribution in [0, 0.1) is 17.3 Å². The number of hydrogen-bond donors (Lipinski definition) is 0. The molecule has 10 heteroatoms. The summed E-state index contributed by atoms with van der Waals surface area (Å²) in [4.78, 5) is 29.0. The first-order valence-corrected chi connectivity index (χ1v) is 12.0. The molecule has 0 N–H and O–H groups in total. The Balaban J connectivity index is 1.05. The van der Waals surface area contributed by atoms with E-state index in [1.54, 1.807) is 4.90 Å². The highest BCUT2D eigenvalue weighted by Gasteiger charge is 2.49. The van der Waals surface area contributed by atoms with Gasteiger partial charge in [-0.1, -0.05) is 12.1 Å². The standard InChI is InChI=1S/C24H29F3N4O3/c25-24(26,27)19-5-1-16(2-6-19)13-34-22(33)30-9-7-23(8-10-30)14-31(15-23)21(32)17-3-4-18-12-28-29-20(18)11-17/h1-2,5-6,17-18,20H,3-4,7-15H2. The van der Waals surface area contributed by atoms with E-state index in [-0.39, 0.29) is 29.9 Å². The van der Waals surface area contributed by atoms with E-state index >= 15 is 0 Å². The largest absolute Gasteiger partial charge is 0.445 e. The number of carbonyl (C=O) groups excluding carboxylic acids is 2. The fraction of sp³-hybridized carbons (Fsp3) is 0.667. The smallest absolute Gasteiger partial charge is 0.416 e. The highest BCUT2D eigenvalue weighted by atomic mass is 19.4. The average molecular weight is 479 g/mol. The predicted octanol–water partition coefficient (Wildman–Crippen LogP) is 4.52. The van der Waals surface area contributed by atoms with Crippen LogP contribution >= 0.6 is 0 Å². The number of amides is 2. The monoisotopic (exact) mass is 478 g/mol. The summed E-state index contributed by atoms with van der Waals surface area (Å²) in [6.45, 7) is 3.34. The molecule has 5 rings (SSSR count). The summed E-state index contributed by atoms with van der Waals surface area (Å²) < 4.78 is 43.3. The van der Waals surface area contributed by atoms with Crippen molar-refractivity contribution in [1.82, 2.24) is 9.80 Å². The minimum absolute atomic E-state index is 0.0518. The molecule has 7 nitrogen and oxygen atoms in total. The lowest BCUT2D eigenvalue weighted by molar-refractivity contribution is -0.152. The topological polar surface area (TPSA) is 74.6 Å². The van der Waals surface area contributed by atoms with Crippen molar-refractivity contribution in [3.05, 3.63) is 35.4 Å². The van der Waals surface area contributed by atoms with Crippen LogP contribution in [0.15, 0.2) is 34.5 Å². The fourth-order valence-electron chi connectivity index (χ4n) is 5.73. The van der Waals surface area contributed by atoms with Crippen molar-refractivity contribution in [1.29, 1.82) is 0 Å². The van der Waals surface area contributed by atoms with Gasteiger partial charge in [-0.25, -0.2) is 4.79 Å². The summed E-state index contributed by atoms with van der Waals surface area (Å²) >= 11 is 0. The molecule has 2 saturated heterocycles. The molecule has 184 valence electrons.